The molecular formula is C21H25N5O. The molecule has 27 heavy (non-hydrogen) atoms. The van der Waals surface area contributed by atoms with Crippen LogP contribution < -0.4 is 0 Å². The summed E-state index contributed by atoms with van der Waals surface area (Å²) in [5.74, 6) is 1.41. The molecule has 6 heteroatoms. The minimum atomic E-state index is 0.0413. The van der Waals surface area contributed by atoms with Gasteiger partial charge < -0.3 is 9.47 Å². The molecule has 1 atom stereocenters. The SMILES string of the molecule is CCn1ccnc1[C@@H]1CCCN(C(=O)c2cn[nH]c2-c2cccc(C)c2)C1. The molecule has 140 valence electrons. The number of rotatable bonds is 4. The molecule has 1 aromatic carbocycles. The monoisotopic (exact) mass is 363 g/mol. The van der Waals surface area contributed by atoms with Crippen molar-refractivity contribution in [3.63, 3.8) is 0 Å². The number of aromatic amines is 1. The van der Waals surface area contributed by atoms with Crippen molar-refractivity contribution in [1.29, 1.82) is 0 Å². The molecule has 0 unspecified atom stereocenters. The van der Waals surface area contributed by atoms with Gasteiger partial charge in [0.25, 0.3) is 5.91 Å². The lowest BCUT2D eigenvalue weighted by Gasteiger charge is -2.32. The molecule has 0 spiro atoms. The maximum atomic E-state index is 13.2. The first-order valence-corrected chi connectivity index (χ1v) is 9.58. The smallest absolute Gasteiger partial charge is 0.257 e. The Morgan fingerprint density at radius 1 is 1.37 bits per heavy atom. The van der Waals surface area contributed by atoms with Gasteiger partial charge in [-0.3, -0.25) is 9.89 Å². The van der Waals surface area contributed by atoms with E-state index in [-0.39, 0.29) is 11.8 Å². The highest BCUT2D eigenvalue weighted by molar-refractivity contribution is 5.99. The van der Waals surface area contributed by atoms with Crippen molar-refractivity contribution in [2.75, 3.05) is 13.1 Å². The predicted octanol–water partition coefficient (Wildman–Crippen LogP) is 3.62. The lowest BCUT2D eigenvalue weighted by molar-refractivity contribution is 0.0704. The summed E-state index contributed by atoms with van der Waals surface area (Å²) >= 11 is 0. The second-order valence-electron chi connectivity index (χ2n) is 7.19. The Hall–Kier alpha value is -2.89. The van der Waals surface area contributed by atoms with Gasteiger partial charge in [0.15, 0.2) is 0 Å². The molecular weight excluding hydrogens is 338 g/mol. The van der Waals surface area contributed by atoms with Crippen LogP contribution in [0.4, 0.5) is 0 Å². The van der Waals surface area contributed by atoms with Crippen LogP contribution >= 0.6 is 0 Å². The number of aromatic nitrogens is 4. The topological polar surface area (TPSA) is 66.8 Å². The van der Waals surface area contributed by atoms with E-state index in [9.17, 15) is 4.79 Å². The molecule has 0 aliphatic carbocycles. The summed E-state index contributed by atoms with van der Waals surface area (Å²) in [4.78, 5) is 19.7. The van der Waals surface area contributed by atoms with E-state index in [1.165, 1.54) is 0 Å². The Morgan fingerprint density at radius 2 is 2.26 bits per heavy atom. The van der Waals surface area contributed by atoms with Gasteiger partial charge in [0.2, 0.25) is 0 Å². The average Bonchev–Trinajstić information content (AvgIpc) is 3.36. The number of imidazole rings is 1. The molecule has 1 fully saturated rings. The van der Waals surface area contributed by atoms with Crippen LogP contribution in [0.3, 0.4) is 0 Å². The fraction of sp³-hybridized carbons (Fsp3) is 0.381. The van der Waals surface area contributed by atoms with E-state index in [0.717, 1.165) is 48.6 Å². The van der Waals surface area contributed by atoms with Gasteiger partial charge >= 0.3 is 0 Å². The number of amides is 1. The van der Waals surface area contributed by atoms with Crippen molar-refractivity contribution in [3.8, 4) is 11.3 Å². The molecule has 4 rings (SSSR count). The van der Waals surface area contributed by atoms with Crippen LogP contribution in [-0.4, -0.2) is 43.6 Å². The van der Waals surface area contributed by atoms with Gasteiger partial charge in [0.1, 0.15) is 5.82 Å². The largest absolute Gasteiger partial charge is 0.338 e. The Balaban J connectivity index is 1.58. The summed E-state index contributed by atoms with van der Waals surface area (Å²) in [6, 6.07) is 8.13. The highest BCUT2D eigenvalue weighted by atomic mass is 16.2. The van der Waals surface area contributed by atoms with Gasteiger partial charge in [-0.1, -0.05) is 23.8 Å². The van der Waals surface area contributed by atoms with Gasteiger partial charge in [-0.15, -0.1) is 0 Å². The summed E-state index contributed by atoms with van der Waals surface area (Å²) < 4.78 is 2.18. The van der Waals surface area contributed by atoms with Crippen LogP contribution in [0.5, 0.6) is 0 Å². The van der Waals surface area contributed by atoms with Gasteiger partial charge in [-0.2, -0.15) is 5.10 Å². The Labute approximate surface area is 159 Å². The molecule has 1 aliphatic heterocycles. The van der Waals surface area contributed by atoms with E-state index >= 15 is 0 Å². The quantitative estimate of drug-likeness (QED) is 0.770. The number of nitrogens with one attached hydrogen (secondary N) is 1. The molecule has 0 radical (unpaired) electrons. The molecule has 1 amide bonds. The van der Waals surface area contributed by atoms with Crippen LogP contribution in [0.15, 0.2) is 42.9 Å². The second-order valence-corrected chi connectivity index (χ2v) is 7.19. The summed E-state index contributed by atoms with van der Waals surface area (Å²) in [5, 5.41) is 7.16. The number of H-pyrrole nitrogens is 1. The van der Waals surface area contributed by atoms with Crippen LogP contribution in [0.1, 0.15) is 47.4 Å². The lowest BCUT2D eigenvalue weighted by Crippen LogP contribution is -2.39. The van der Waals surface area contributed by atoms with Crippen LogP contribution in [0.25, 0.3) is 11.3 Å². The summed E-state index contributed by atoms with van der Waals surface area (Å²) in [5.41, 5.74) is 3.58. The number of piperidine rings is 1. The van der Waals surface area contributed by atoms with Gasteiger partial charge in [0.05, 0.1) is 17.5 Å². The van der Waals surface area contributed by atoms with E-state index in [1.807, 2.05) is 42.4 Å². The molecule has 0 saturated carbocycles. The molecule has 6 nitrogen and oxygen atoms in total. The van der Waals surface area contributed by atoms with Crippen molar-refractivity contribution < 1.29 is 4.79 Å². The highest BCUT2D eigenvalue weighted by Gasteiger charge is 2.29. The number of hydrogen-bond donors (Lipinski definition) is 1. The number of nitrogens with zero attached hydrogens (tertiary/aromatic N) is 4. The third-order valence-electron chi connectivity index (χ3n) is 5.34. The van der Waals surface area contributed by atoms with E-state index in [4.69, 9.17) is 0 Å². The third kappa shape index (κ3) is 3.39. The molecule has 1 saturated heterocycles. The Morgan fingerprint density at radius 3 is 3.07 bits per heavy atom. The standard InChI is InChI=1S/C21H25N5O/c1-3-25-11-9-22-20(25)17-8-5-10-26(14-17)21(27)18-13-23-24-19(18)16-7-4-6-15(2)12-16/h4,6-7,9,11-13,17H,3,5,8,10,14H2,1-2H3,(H,23,24)/t17-/m1/s1. The highest BCUT2D eigenvalue weighted by Crippen LogP contribution is 2.29. The van der Waals surface area contributed by atoms with Gasteiger partial charge in [-0.05, 0) is 32.8 Å². The normalized spacial score (nSPS) is 17.3. The number of hydrogen-bond acceptors (Lipinski definition) is 3. The lowest BCUT2D eigenvalue weighted by atomic mass is 9.96. The Kier molecular flexibility index (Phi) is 4.79. The maximum absolute atomic E-state index is 13.2. The average molecular weight is 363 g/mol. The number of aryl methyl sites for hydroxylation is 2. The first kappa shape index (κ1) is 17.5. The first-order chi connectivity index (χ1) is 13.2. The molecule has 3 aromatic rings. The van der Waals surface area contributed by atoms with Crippen molar-refractivity contribution >= 4 is 5.91 Å². The minimum Gasteiger partial charge on any atom is -0.338 e. The van der Waals surface area contributed by atoms with Crippen molar-refractivity contribution in [2.24, 2.45) is 0 Å². The molecule has 1 aliphatic rings. The fourth-order valence-electron chi connectivity index (χ4n) is 3.96. The van der Waals surface area contributed by atoms with Crippen molar-refractivity contribution in [2.45, 2.75) is 39.2 Å². The molecule has 1 N–H and O–H groups in total. The summed E-state index contributed by atoms with van der Waals surface area (Å²) in [7, 11) is 0. The van der Waals surface area contributed by atoms with E-state index in [0.29, 0.717) is 12.1 Å². The summed E-state index contributed by atoms with van der Waals surface area (Å²) in [6.45, 7) is 6.55. The van der Waals surface area contributed by atoms with Crippen LogP contribution in [-0.2, 0) is 6.54 Å². The summed E-state index contributed by atoms with van der Waals surface area (Å²) in [6.07, 6.45) is 7.58. The zero-order chi connectivity index (χ0) is 18.8. The van der Waals surface area contributed by atoms with E-state index in [2.05, 4.69) is 32.7 Å². The second kappa shape index (κ2) is 7.39. The van der Waals surface area contributed by atoms with Crippen LogP contribution in [0, 0.1) is 6.92 Å². The van der Waals surface area contributed by atoms with Gasteiger partial charge in [0, 0.05) is 43.5 Å². The van der Waals surface area contributed by atoms with Crippen molar-refractivity contribution in [1.82, 2.24) is 24.6 Å². The number of benzene rings is 1. The predicted molar refractivity (Wildman–Crippen MR) is 105 cm³/mol. The molecule has 0 bridgehead atoms. The van der Waals surface area contributed by atoms with Crippen molar-refractivity contribution in [3.05, 3.63) is 59.8 Å². The first-order valence-electron chi connectivity index (χ1n) is 9.58. The third-order valence-corrected chi connectivity index (χ3v) is 5.34. The number of carbonyl (C=O) groups excluding carboxylic acids is 1. The number of carbonyl (C=O) groups is 1. The Bertz CT molecular complexity index is 941. The molecule has 2 aromatic heterocycles. The van der Waals surface area contributed by atoms with Gasteiger partial charge in [-0.25, -0.2) is 4.98 Å². The van der Waals surface area contributed by atoms with E-state index < -0.39 is 0 Å². The van der Waals surface area contributed by atoms with E-state index in [1.54, 1.807) is 6.20 Å². The van der Waals surface area contributed by atoms with Crippen LogP contribution in [0.2, 0.25) is 0 Å². The number of likely N-dealkylation sites (tertiary alicyclic amines) is 1. The zero-order valence-electron chi connectivity index (χ0n) is 15.9. The fourth-order valence-corrected chi connectivity index (χ4v) is 3.96. The molecule has 3 heterocycles. The minimum absolute atomic E-state index is 0.0413. The maximum Gasteiger partial charge on any atom is 0.257 e. The zero-order valence-corrected chi connectivity index (χ0v) is 15.9.